The zero-order valence-electron chi connectivity index (χ0n) is 16.0. The van der Waals surface area contributed by atoms with E-state index < -0.39 is 18.6 Å². The number of likely N-dealkylation sites (tertiary alicyclic amines) is 1. The van der Waals surface area contributed by atoms with Crippen LogP contribution in [0.5, 0.6) is 5.88 Å². The number of nitrogens with one attached hydrogen (secondary N) is 2. The van der Waals surface area contributed by atoms with E-state index >= 15 is 0 Å². The van der Waals surface area contributed by atoms with Gasteiger partial charge >= 0.3 is 6.18 Å². The SMILES string of the molecule is O=C(NCC(F)(F)F)c1cc(C2CCN(C(=O)c3cc4n(n3)CCCO4)CC2)[nH]n1. The van der Waals surface area contributed by atoms with Gasteiger partial charge in [-0.3, -0.25) is 14.7 Å². The minimum Gasteiger partial charge on any atom is -0.478 e. The Hall–Kier alpha value is -3.05. The Morgan fingerprint density at radius 3 is 2.67 bits per heavy atom. The first-order valence-corrected chi connectivity index (χ1v) is 9.70. The van der Waals surface area contributed by atoms with Crippen molar-refractivity contribution < 1.29 is 27.5 Å². The Morgan fingerprint density at radius 2 is 1.97 bits per heavy atom. The molecular weight excluding hydrogens is 405 g/mol. The molecule has 0 bridgehead atoms. The average Bonchev–Trinajstić information content (AvgIpc) is 3.38. The van der Waals surface area contributed by atoms with Crippen LogP contribution in [0.25, 0.3) is 0 Å². The zero-order chi connectivity index (χ0) is 21.3. The van der Waals surface area contributed by atoms with Crippen LogP contribution in [-0.4, -0.2) is 69.1 Å². The third-order valence-corrected chi connectivity index (χ3v) is 5.23. The topological polar surface area (TPSA) is 105 Å². The van der Waals surface area contributed by atoms with Crippen molar-refractivity contribution in [1.82, 2.24) is 30.2 Å². The van der Waals surface area contributed by atoms with E-state index in [2.05, 4.69) is 15.3 Å². The molecule has 0 spiro atoms. The van der Waals surface area contributed by atoms with Gasteiger partial charge in [0, 0.05) is 43.7 Å². The average molecular weight is 426 g/mol. The molecule has 2 N–H and O–H groups in total. The van der Waals surface area contributed by atoms with Crippen LogP contribution in [0.1, 0.15) is 51.9 Å². The summed E-state index contributed by atoms with van der Waals surface area (Å²) in [6.45, 7) is 0.938. The van der Waals surface area contributed by atoms with Crippen LogP contribution in [0.15, 0.2) is 12.1 Å². The van der Waals surface area contributed by atoms with Crippen molar-refractivity contribution in [3.63, 3.8) is 0 Å². The lowest BCUT2D eigenvalue weighted by Gasteiger charge is -2.31. The molecule has 2 aromatic heterocycles. The van der Waals surface area contributed by atoms with E-state index in [1.807, 2.05) is 0 Å². The van der Waals surface area contributed by atoms with Crippen molar-refractivity contribution in [2.45, 2.75) is 37.9 Å². The lowest BCUT2D eigenvalue weighted by molar-refractivity contribution is -0.123. The Kier molecular flexibility index (Phi) is 5.39. The normalized spacial score (nSPS) is 17.4. The summed E-state index contributed by atoms with van der Waals surface area (Å²) in [6, 6.07) is 3.13. The number of nitrogens with zero attached hydrogens (tertiary/aromatic N) is 4. The number of alkyl halides is 3. The molecule has 0 radical (unpaired) electrons. The minimum absolute atomic E-state index is 0.0317. The summed E-state index contributed by atoms with van der Waals surface area (Å²) in [5.74, 6) is -0.401. The monoisotopic (exact) mass is 426 g/mol. The number of hydrogen-bond donors (Lipinski definition) is 2. The number of carbonyl (C=O) groups excluding carboxylic acids is 2. The number of hydrogen-bond acceptors (Lipinski definition) is 5. The summed E-state index contributed by atoms with van der Waals surface area (Å²) < 4.78 is 43.9. The third-order valence-electron chi connectivity index (χ3n) is 5.23. The van der Waals surface area contributed by atoms with Gasteiger partial charge in [-0.25, -0.2) is 4.68 Å². The molecule has 0 unspecified atom stereocenters. The van der Waals surface area contributed by atoms with E-state index in [-0.39, 0.29) is 17.5 Å². The maximum Gasteiger partial charge on any atom is 0.405 e. The number of amides is 2. The predicted molar refractivity (Wildman–Crippen MR) is 97.2 cm³/mol. The van der Waals surface area contributed by atoms with Crippen LogP contribution < -0.4 is 10.1 Å². The van der Waals surface area contributed by atoms with Crippen LogP contribution in [0.4, 0.5) is 13.2 Å². The number of fused-ring (bicyclic) bond motifs is 1. The van der Waals surface area contributed by atoms with Gasteiger partial charge in [0.25, 0.3) is 11.8 Å². The van der Waals surface area contributed by atoms with Gasteiger partial charge in [-0.2, -0.15) is 23.4 Å². The molecule has 4 rings (SSSR count). The maximum absolute atomic E-state index is 12.7. The first-order valence-electron chi connectivity index (χ1n) is 9.70. The minimum atomic E-state index is -4.48. The molecule has 2 amide bonds. The zero-order valence-corrected chi connectivity index (χ0v) is 16.0. The molecule has 0 aromatic carbocycles. The maximum atomic E-state index is 12.7. The molecule has 12 heteroatoms. The van der Waals surface area contributed by atoms with Crippen molar-refractivity contribution in [1.29, 1.82) is 0 Å². The molecule has 4 heterocycles. The molecule has 2 aromatic rings. The van der Waals surface area contributed by atoms with Crippen molar-refractivity contribution in [2.75, 3.05) is 26.2 Å². The number of aromatic amines is 1. The quantitative estimate of drug-likeness (QED) is 0.774. The Bertz CT molecular complexity index is 906. The largest absolute Gasteiger partial charge is 0.478 e. The van der Waals surface area contributed by atoms with Gasteiger partial charge < -0.3 is 15.0 Å². The second kappa shape index (κ2) is 8.00. The van der Waals surface area contributed by atoms with E-state index in [9.17, 15) is 22.8 Å². The van der Waals surface area contributed by atoms with Crippen molar-refractivity contribution in [3.05, 3.63) is 29.2 Å². The summed E-state index contributed by atoms with van der Waals surface area (Å²) in [6.07, 6.45) is -2.34. The van der Waals surface area contributed by atoms with Gasteiger partial charge in [0.2, 0.25) is 5.88 Å². The highest BCUT2D eigenvalue weighted by atomic mass is 19.4. The van der Waals surface area contributed by atoms with Crippen molar-refractivity contribution in [2.24, 2.45) is 0 Å². The number of aromatic nitrogens is 4. The fraction of sp³-hybridized carbons (Fsp3) is 0.556. The summed E-state index contributed by atoms with van der Waals surface area (Å²) in [4.78, 5) is 26.3. The molecule has 1 saturated heterocycles. The first kappa shape index (κ1) is 20.2. The Balaban J connectivity index is 1.32. The fourth-order valence-corrected chi connectivity index (χ4v) is 3.66. The molecule has 0 saturated carbocycles. The number of carbonyl (C=O) groups is 2. The molecule has 0 aliphatic carbocycles. The van der Waals surface area contributed by atoms with Crippen LogP contribution in [0.3, 0.4) is 0 Å². The van der Waals surface area contributed by atoms with Gasteiger partial charge in [-0.15, -0.1) is 0 Å². The molecule has 2 aliphatic rings. The molecule has 0 atom stereocenters. The lowest BCUT2D eigenvalue weighted by Crippen LogP contribution is -2.38. The molecular formula is C18H21F3N6O3. The van der Waals surface area contributed by atoms with E-state index in [1.165, 1.54) is 6.07 Å². The van der Waals surface area contributed by atoms with Gasteiger partial charge in [0.1, 0.15) is 12.2 Å². The van der Waals surface area contributed by atoms with Crippen LogP contribution in [0, 0.1) is 0 Å². The molecule has 2 aliphatic heterocycles. The Morgan fingerprint density at radius 1 is 1.20 bits per heavy atom. The molecule has 9 nitrogen and oxygen atoms in total. The highest BCUT2D eigenvalue weighted by Gasteiger charge is 2.30. The highest BCUT2D eigenvalue weighted by Crippen LogP contribution is 2.28. The smallest absolute Gasteiger partial charge is 0.405 e. The van der Waals surface area contributed by atoms with E-state index in [1.54, 1.807) is 21.0 Å². The van der Waals surface area contributed by atoms with Crippen LogP contribution >= 0.6 is 0 Å². The summed E-state index contributed by atoms with van der Waals surface area (Å²) in [7, 11) is 0. The number of H-pyrrole nitrogens is 1. The second-order valence-corrected chi connectivity index (χ2v) is 7.37. The number of rotatable bonds is 4. The molecule has 30 heavy (non-hydrogen) atoms. The Labute approximate surface area is 169 Å². The predicted octanol–water partition coefficient (Wildman–Crippen LogP) is 1.70. The number of piperidine rings is 1. The highest BCUT2D eigenvalue weighted by molar-refractivity contribution is 5.93. The second-order valence-electron chi connectivity index (χ2n) is 7.37. The van der Waals surface area contributed by atoms with Gasteiger partial charge in [-0.1, -0.05) is 0 Å². The summed E-state index contributed by atoms with van der Waals surface area (Å²) in [5.41, 5.74) is 0.942. The number of aryl methyl sites for hydroxylation is 1. The summed E-state index contributed by atoms with van der Waals surface area (Å²) >= 11 is 0. The first-order chi connectivity index (χ1) is 14.3. The lowest BCUT2D eigenvalue weighted by atomic mass is 9.93. The van der Waals surface area contributed by atoms with E-state index in [0.29, 0.717) is 49.8 Å². The van der Waals surface area contributed by atoms with Crippen LogP contribution in [0.2, 0.25) is 0 Å². The molecule has 162 valence electrons. The van der Waals surface area contributed by atoms with Gasteiger partial charge in [-0.05, 0) is 18.9 Å². The van der Waals surface area contributed by atoms with Crippen molar-refractivity contribution in [3.8, 4) is 5.88 Å². The molecule has 1 fully saturated rings. The fourth-order valence-electron chi connectivity index (χ4n) is 3.66. The number of ether oxygens (including phenoxy) is 1. The third kappa shape index (κ3) is 4.41. The summed E-state index contributed by atoms with van der Waals surface area (Å²) in [5, 5.41) is 12.7. The van der Waals surface area contributed by atoms with E-state index in [4.69, 9.17) is 4.74 Å². The van der Waals surface area contributed by atoms with Gasteiger partial charge in [0.15, 0.2) is 5.69 Å². The standard InChI is InChI=1S/C18H21F3N6O3/c19-18(20,21)10-22-16(28)13-8-12(23-24-13)11-2-5-26(6-3-11)17(29)14-9-15-27(25-14)4-1-7-30-15/h8-9,11H,1-7,10H2,(H,22,28)(H,23,24). The number of halogens is 3. The van der Waals surface area contributed by atoms with Crippen LogP contribution in [-0.2, 0) is 6.54 Å². The van der Waals surface area contributed by atoms with E-state index in [0.717, 1.165) is 13.0 Å². The van der Waals surface area contributed by atoms with Crippen molar-refractivity contribution >= 4 is 11.8 Å². The van der Waals surface area contributed by atoms with Gasteiger partial charge in [0.05, 0.1) is 6.61 Å².